The molecule has 1 heterocycles. The molecule has 2 N–H and O–H groups in total. The van der Waals surface area contributed by atoms with Crippen molar-refractivity contribution in [2.75, 3.05) is 5.32 Å². The lowest BCUT2D eigenvalue weighted by Gasteiger charge is -2.03. The third kappa shape index (κ3) is 3.03. The Balaban J connectivity index is 2.21. The summed E-state index contributed by atoms with van der Waals surface area (Å²) in [7, 11) is 0. The zero-order valence-electron chi connectivity index (χ0n) is 11.6. The maximum Gasteiger partial charge on any atom is 0.205 e. The van der Waals surface area contributed by atoms with Crippen molar-refractivity contribution in [3.63, 3.8) is 0 Å². The van der Waals surface area contributed by atoms with Crippen LogP contribution in [-0.4, -0.2) is 15.8 Å². The Hall–Kier alpha value is -2.62. The number of Topliss-reactive ketones (excluding diaryl/α,β-unsaturated/α-hetero) is 1. The molecule has 2 aromatic rings. The van der Waals surface area contributed by atoms with E-state index in [1.807, 2.05) is 31.2 Å². The van der Waals surface area contributed by atoms with Crippen molar-refractivity contribution in [2.45, 2.75) is 13.8 Å². The van der Waals surface area contributed by atoms with Crippen molar-refractivity contribution in [1.82, 2.24) is 9.97 Å². The van der Waals surface area contributed by atoms with Gasteiger partial charge in [-0.15, -0.1) is 0 Å². The highest BCUT2D eigenvalue weighted by Crippen LogP contribution is 2.18. The van der Waals surface area contributed by atoms with Gasteiger partial charge in [0.05, 0.1) is 11.4 Å². The highest BCUT2D eigenvalue weighted by Gasteiger charge is 2.05. The van der Waals surface area contributed by atoms with Gasteiger partial charge in [-0.1, -0.05) is 12.7 Å². The van der Waals surface area contributed by atoms with Crippen LogP contribution in [0.15, 0.2) is 36.9 Å². The van der Waals surface area contributed by atoms with Crippen LogP contribution in [0.3, 0.4) is 0 Å². The van der Waals surface area contributed by atoms with Crippen molar-refractivity contribution in [3.8, 4) is 0 Å². The summed E-state index contributed by atoms with van der Waals surface area (Å²) in [6.45, 7) is 7.24. The van der Waals surface area contributed by atoms with Gasteiger partial charge in [-0.2, -0.15) is 0 Å². The molecule has 0 radical (unpaired) electrons. The highest BCUT2D eigenvalue weighted by atomic mass is 16.1. The van der Waals surface area contributed by atoms with E-state index in [0.29, 0.717) is 11.5 Å². The number of rotatable bonds is 5. The highest BCUT2D eigenvalue weighted by molar-refractivity contribution is 5.94. The monoisotopic (exact) mass is 267 g/mol. The standard InChI is InChI=1S/C16H17N3O/c1-4-6-15-14(5-2)18-16(19-15)17-13-9-7-12(8-10-13)11(3)20/h4-10H,2H2,1,3H3,(H2,17,18,19)/b6-4-. The van der Waals surface area contributed by atoms with E-state index in [1.165, 1.54) is 0 Å². The van der Waals surface area contributed by atoms with Crippen molar-refractivity contribution < 1.29 is 4.79 Å². The molecule has 4 heteroatoms. The lowest BCUT2D eigenvalue weighted by atomic mass is 10.1. The number of allylic oxidation sites excluding steroid dienone is 1. The number of carbonyl (C=O) groups is 1. The molecule has 0 unspecified atom stereocenters. The normalized spacial score (nSPS) is 10.7. The summed E-state index contributed by atoms with van der Waals surface area (Å²) in [4.78, 5) is 18.8. The van der Waals surface area contributed by atoms with E-state index in [-0.39, 0.29) is 5.78 Å². The second kappa shape index (κ2) is 6.02. The van der Waals surface area contributed by atoms with E-state index in [4.69, 9.17) is 0 Å². The molecule has 2 rings (SSSR count). The van der Waals surface area contributed by atoms with Gasteiger partial charge in [0.15, 0.2) is 5.78 Å². The molecule has 0 aliphatic rings. The molecule has 4 nitrogen and oxygen atoms in total. The SMILES string of the molecule is C=Cc1nc(Nc2ccc(C(C)=O)cc2)[nH]c1/C=C\C. The summed E-state index contributed by atoms with van der Waals surface area (Å²) in [5, 5.41) is 3.16. The van der Waals surface area contributed by atoms with E-state index in [2.05, 4.69) is 21.9 Å². The number of carbonyl (C=O) groups excluding carboxylic acids is 1. The molecule has 0 spiro atoms. The van der Waals surface area contributed by atoms with Gasteiger partial charge in [-0.3, -0.25) is 4.79 Å². The first-order valence-corrected chi connectivity index (χ1v) is 6.37. The van der Waals surface area contributed by atoms with E-state index in [9.17, 15) is 4.79 Å². The fourth-order valence-corrected chi connectivity index (χ4v) is 1.83. The molecule has 0 atom stereocenters. The van der Waals surface area contributed by atoms with Gasteiger partial charge in [0.25, 0.3) is 0 Å². The Morgan fingerprint density at radius 3 is 2.60 bits per heavy atom. The van der Waals surface area contributed by atoms with Crippen LogP contribution in [0, 0.1) is 0 Å². The molecular weight excluding hydrogens is 250 g/mol. The third-order valence-corrected chi connectivity index (χ3v) is 2.84. The number of H-pyrrole nitrogens is 1. The van der Waals surface area contributed by atoms with Gasteiger partial charge in [0.1, 0.15) is 0 Å². The van der Waals surface area contributed by atoms with Gasteiger partial charge in [0.2, 0.25) is 5.95 Å². The predicted octanol–water partition coefficient (Wildman–Crippen LogP) is 4.03. The molecule has 0 fully saturated rings. The quantitative estimate of drug-likeness (QED) is 0.804. The fraction of sp³-hybridized carbons (Fsp3) is 0.125. The summed E-state index contributed by atoms with van der Waals surface area (Å²) in [5.41, 5.74) is 3.26. The fourth-order valence-electron chi connectivity index (χ4n) is 1.83. The summed E-state index contributed by atoms with van der Waals surface area (Å²) < 4.78 is 0. The van der Waals surface area contributed by atoms with Crippen LogP contribution in [0.1, 0.15) is 35.6 Å². The zero-order chi connectivity index (χ0) is 14.5. The van der Waals surface area contributed by atoms with Crippen LogP contribution in [-0.2, 0) is 0 Å². The maximum absolute atomic E-state index is 11.2. The molecule has 20 heavy (non-hydrogen) atoms. The Morgan fingerprint density at radius 1 is 1.35 bits per heavy atom. The molecule has 1 aromatic heterocycles. The van der Waals surface area contributed by atoms with E-state index >= 15 is 0 Å². The minimum absolute atomic E-state index is 0.0545. The molecule has 0 saturated heterocycles. The summed E-state index contributed by atoms with van der Waals surface area (Å²) >= 11 is 0. The van der Waals surface area contributed by atoms with E-state index in [0.717, 1.165) is 17.1 Å². The van der Waals surface area contributed by atoms with Crippen LogP contribution in [0.5, 0.6) is 0 Å². The minimum Gasteiger partial charge on any atom is -0.326 e. The predicted molar refractivity (Wildman–Crippen MR) is 83.1 cm³/mol. The summed E-state index contributed by atoms with van der Waals surface area (Å²) in [6, 6.07) is 7.27. The number of aromatic amines is 1. The first-order chi connectivity index (χ1) is 9.63. The summed E-state index contributed by atoms with van der Waals surface area (Å²) in [6.07, 6.45) is 5.58. The van der Waals surface area contributed by atoms with E-state index in [1.54, 1.807) is 25.1 Å². The molecular formula is C16H17N3O. The third-order valence-electron chi connectivity index (χ3n) is 2.84. The number of ketones is 1. The maximum atomic E-state index is 11.2. The molecule has 0 saturated carbocycles. The van der Waals surface area contributed by atoms with Crippen LogP contribution in [0.2, 0.25) is 0 Å². The van der Waals surface area contributed by atoms with Crippen LogP contribution in [0.4, 0.5) is 11.6 Å². The molecule has 102 valence electrons. The number of hydrogen-bond acceptors (Lipinski definition) is 3. The second-order valence-corrected chi connectivity index (χ2v) is 4.35. The number of hydrogen-bond donors (Lipinski definition) is 2. The first kappa shape index (κ1) is 13.8. The zero-order valence-corrected chi connectivity index (χ0v) is 11.6. The number of imidazole rings is 1. The first-order valence-electron chi connectivity index (χ1n) is 6.37. The molecule has 0 aliphatic heterocycles. The van der Waals surface area contributed by atoms with Gasteiger partial charge in [-0.25, -0.2) is 4.98 Å². The summed E-state index contributed by atoms with van der Waals surface area (Å²) in [5.74, 6) is 0.697. The lowest BCUT2D eigenvalue weighted by molar-refractivity contribution is 0.101. The molecule has 0 bridgehead atoms. The minimum atomic E-state index is 0.0545. The number of benzene rings is 1. The van der Waals surface area contributed by atoms with E-state index < -0.39 is 0 Å². The average molecular weight is 267 g/mol. The number of nitrogens with zero attached hydrogens (tertiary/aromatic N) is 1. The van der Waals surface area contributed by atoms with Gasteiger partial charge >= 0.3 is 0 Å². The second-order valence-electron chi connectivity index (χ2n) is 4.35. The molecule has 0 aliphatic carbocycles. The van der Waals surface area contributed by atoms with Gasteiger partial charge in [-0.05, 0) is 50.3 Å². The molecule has 0 amide bonds. The molecule has 1 aromatic carbocycles. The van der Waals surface area contributed by atoms with Crippen molar-refractivity contribution in [1.29, 1.82) is 0 Å². The van der Waals surface area contributed by atoms with Crippen LogP contribution >= 0.6 is 0 Å². The van der Waals surface area contributed by atoms with Crippen LogP contribution in [0.25, 0.3) is 12.2 Å². The Bertz CT molecular complexity index is 651. The van der Waals surface area contributed by atoms with Crippen molar-refractivity contribution >= 4 is 29.6 Å². The topological polar surface area (TPSA) is 57.8 Å². The number of nitrogens with one attached hydrogen (secondary N) is 2. The van der Waals surface area contributed by atoms with Crippen molar-refractivity contribution in [3.05, 3.63) is 53.9 Å². The number of aromatic nitrogens is 2. The van der Waals surface area contributed by atoms with Gasteiger partial charge in [0, 0.05) is 11.3 Å². The van der Waals surface area contributed by atoms with Crippen LogP contribution < -0.4 is 5.32 Å². The largest absolute Gasteiger partial charge is 0.326 e. The average Bonchev–Trinajstić information content (AvgIpc) is 2.81. The lowest BCUT2D eigenvalue weighted by Crippen LogP contribution is -1.95. The Labute approximate surface area is 118 Å². The number of anilines is 2. The van der Waals surface area contributed by atoms with Crippen molar-refractivity contribution in [2.24, 2.45) is 0 Å². The van der Waals surface area contributed by atoms with Gasteiger partial charge < -0.3 is 10.3 Å². The Kier molecular flexibility index (Phi) is 4.15. The Morgan fingerprint density at radius 2 is 2.05 bits per heavy atom. The smallest absolute Gasteiger partial charge is 0.205 e.